The largest absolute Gasteiger partial charge is 0.478 e. The molecule has 0 heterocycles. The fourth-order valence-corrected chi connectivity index (χ4v) is 2.29. The molecule has 2 rings (SSSR count). The number of aromatic carboxylic acids is 1. The third-order valence-corrected chi connectivity index (χ3v) is 3.48. The molecule has 0 unspecified atom stereocenters. The fraction of sp³-hybridized carbons (Fsp3) is 0.167. The third-order valence-electron chi connectivity index (χ3n) is 3.48. The summed E-state index contributed by atoms with van der Waals surface area (Å²) in [6, 6.07) is 12.9. The van der Waals surface area contributed by atoms with Gasteiger partial charge in [-0.15, -0.1) is 0 Å². The summed E-state index contributed by atoms with van der Waals surface area (Å²) in [4.78, 5) is 23.5. The van der Waals surface area contributed by atoms with Crippen molar-refractivity contribution in [2.75, 3.05) is 11.9 Å². The lowest BCUT2D eigenvalue weighted by Gasteiger charge is -2.10. The van der Waals surface area contributed by atoms with Gasteiger partial charge in [-0.2, -0.15) is 5.26 Å². The maximum Gasteiger partial charge on any atom is 0.336 e. The van der Waals surface area contributed by atoms with E-state index in [4.69, 9.17) is 10.2 Å². The smallest absolute Gasteiger partial charge is 0.336 e. The van der Waals surface area contributed by atoms with Gasteiger partial charge in [0.05, 0.1) is 22.4 Å². The number of carboxylic acids is 1. The summed E-state index contributed by atoms with van der Waals surface area (Å²) in [5.41, 5.74) is 1.40. The van der Waals surface area contributed by atoms with E-state index in [1.807, 2.05) is 6.07 Å². The standard InChI is InChI=1S/C18H16N2O4/c19-11-13-10-12(4-3-9-21)7-8-16(13)20-17(22)14-5-1-2-6-15(14)18(23)24/h1-2,5-8,10,21H,3-4,9H2,(H,20,22)(H,23,24). The summed E-state index contributed by atoms with van der Waals surface area (Å²) in [7, 11) is 0. The molecule has 0 radical (unpaired) electrons. The molecule has 0 atom stereocenters. The molecule has 24 heavy (non-hydrogen) atoms. The van der Waals surface area contributed by atoms with Crippen molar-refractivity contribution in [3.8, 4) is 6.07 Å². The summed E-state index contributed by atoms with van der Waals surface area (Å²) in [5, 5.41) is 29.8. The van der Waals surface area contributed by atoms with E-state index in [-0.39, 0.29) is 23.3 Å². The van der Waals surface area contributed by atoms with Crippen LogP contribution in [0.1, 0.15) is 38.3 Å². The minimum absolute atomic E-state index is 0.0262. The van der Waals surface area contributed by atoms with Gasteiger partial charge in [-0.3, -0.25) is 4.79 Å². The average Bonchev–Trinajstić information content (AvgIpc) is 2.60. The molecule has 0 saturated carbocycles. The molecule has 2 aromatic rings. The van der Waals surface area contributed by atoms with Crippen LogP contribution in [0, 0.1) is 11.3 Å². The fourth-order valence-electron chi connectivity index (χ4n) is 2.29. The Bertz CT molecular complexity index is 809. The van der Waals surface area contributed by atoms with Gasteiger partial charge in [-0.1, -0.05) is 18.2 Å². The van der Waals surface area contributed by atoms with E-state index < -0.39 is 11.9 Å². The number of nitriles is 1. The molecule has 0 aliphatic carbocycles. The van der Waals surface area contributed by atoms with Crippen molar-refractivity contribution in [3.05, 3.63) is 64.7 Å². The number of rotatable bonds is 6. The zero-order valence-electron chi connectivity index (χ0n) is 12.8. The summed E-state index contributed by atoms with van der Waals surface area (Å²) in [6.45, 7) is 0.0619. The van der Waals surface area contributed by atoms with Crippen LogP contribution in [0.25, 0.3) is 0 Å². The predicted molar refractivity (Wildman–Crippen MR) is 87.9 cm³/mol. The molecule has 6 nitrogen and oxygen atoms in total. The number of benzene rings is 2. The molecule has 6 heteroatoms. The molecule has 0 spiro atoms. The molecular weight excluding hydrogens is 308 g/mol. The average molecular weight is 324 g/mol. The van der Waals surface area contributed by atoms with Crippen molar-refractivity contribution in [3.63, 3.8) is 0 Å². The number of anilines is 1. The normalized spacial score (nSPS) is 10.0. The van der Waals surface area contributed by atoms with E-state index in [0.29, 0.717) is 18.5 Å². The number of nitrogens with zero attached hydrogens (tertiary/aromatic N) is 1. The topological polar surface area (TPSA) is 110 Å². The second-order valence-corrected chi connectivity index (χ2v) is 5.12. The number of hydrogen-bond donors (Lipinski definition) is 3. The number of aliphatic hydroxyl groups is 1. The monoisotopic (exact) mass is 324 g/mol. The van der Waals surface area contributed by atoms with E-state index in [0.717, 1.165) is 5.56 Å². The Morgan fingerprint density at radius 3 is 2.46 bits per heavy atom. The maximum absolute atomic E-state index is 12.3. The summed E-state index contributed by atoms with van der Waals surface area (Å²) in [5.74, 6) is -1.78. The zero-order valence-corrected chi connectivity index (χ0v) is 12.8. The van der Waals surface area contributed by atoms with Crippen molar-refractivity contribution in [2.24, 2.45) is 0 Å². The minimum Gasteiger partial charge on any atom is -0.478 e. The Hall–Kier alpha value is -3.17. The second kappa shape index (κ2) is 7.90. The highest BCUT2D eigenvalue weighted by molar-refractivity contribution is 6.11. The van der Waals surface area contributed by atoms with Crippen LogP contribution in [0.4, 0.5) is 5.69 Å². The van der Waals surface area contributed by atoms with Gasteiger partial charge >= 0.3 is 5.97 Å². The highest BCUT2D eigenvalue weighted by atomic mass is 16.4. The van der Waals surface area contributed by atoms with E-state index in [9.17, 15) is 14.9 Å². The molecule has 0 fully saturated rings. The Balaban J connectivity index is 2.26. The van der Waals surface area contributed by atoms with Crippen LogP contribution >= 0.6 is 0 Å². The molecule has 0 aromatic heterocycles. The van der Waals surface area contributed by atoms with Gasteiger partial charge in [0.25, 0.3) is 5.91 Å². The number of amides is 1. The predicted octanol–water partition coefficient (Wildman–Crippen LogP) is 2.43. The van der Waals surface area contributed by atoms with Crippen LogP contribution in [0.3, 0.4) is 0 Å². The first-order chi connectivity index (χ1) is 11.6. The lowest BCUT2D eigenvalue weighted by molar-refractivity contribution is 0.0692. The molecule has 2 aromatic carbocycles. The van der Waals surface area contributed by atoms with E-state index in [2.05, 4.69) is 5.32 Å². The first-order valence-corrected chi connectivity index (χ1v) is 7.34. The highest BCUT2D eigenvalue weighted by Crippen LogP contribution is 2.19. The summed E-state index contributed by atoms with van der Waals surface area (Å²) < 4.78 is 0. The van der Waals surface area contributed by atoms with E-state index in [1.54, 1.807) is 24.3 Å². The Morgan fingerprint density at radius 1 is 1.12 bits per heavy atom. The van der Waals surface area contributed by atoms with Crippen LogP contribution in [0.2, 0.25) is 0 Å². The Labute approximate surface area is 139 Å². The van der Waals surface area contributed by atoms with Crippen LogP contribution in [-0.4, -0.2) is 28.7 Å². The Morgan fingerprint density at radius 2 is 1.83 bits per heavy atom. The van der Waals surface area contributed by atoms with Crippen molar-refractivity contribution in [2.45, 2.75) is 12.8 Å². The minimum atomic E-state index is -1.19. The molecule has 0 bridgehead atoms. The molecule has 1 amide bonds. The quantitative estimate of drug-likeness (QED) is 0.756. The zero-order chi connectivity index (χ0) is 17.5. The Kier molecular flexibility index (Phi) is 5.66. The molecule has 0 aliphatic heterocycles. The molecule has 0 aliphatic rings. The summed E-state index contributed by atoms with van der Waals surface area (Å²) in [6.07, 6.45) is 1.21. The van der Waals surface area contributed by atoms with Crippen molar-refractivity contribution < 1.29 is 19.8 Å². The van der Waals surface area contributed by atoms with E-state index in [1.165, 1.54) is 18.2 Å². The summed E-state index contributed by atoms with van der Waals surface area (Å²) >= 11 is 0. The lowest BCUT2D eigenvalue weighted by Crippen LogP contribution is -2.17. The molecular formula is C18H16N2O4. The van der Waals surface area contributed by atoms with Crippen molar-refractivity contribution in [1.29, 1.82) is 5.26 Å². The van der Waals surface area contributed by atoms with Gasteiger partial charge in [0, 0.05) is 6.61 Å². The van der Waals surface area contributed by atoms with Gasteiger partial charge in [0.2, 0.25) is 0 Å². The van der Waals surface area contributed by atoms with Gasteiger partial charge < -0.3 is 15.5 Å². The van der Waals surface area contributed by atoms with Gasteiger partial charge in [-0.25, -0.2) is 4.79 Å². The number of hydrogen-bond acceptors (Lipinski definition) is 4. The number of aliphatic hydroxyl groups excluding tert-OH is 1. The number of carbonyl (C=O) groups is 2. The van der Waals surface area contributed by atoms with Gasteiger partial charge in [0.15, 0.2) is 0 Å². The molecule has 122 valence electrons. The van der Waals surface area contributed by atoms with Crippen molar-refractivity contribution in [1.82, 2.24) is 0 Å². The first kappa shape index (κ1) is 17.2. The highest BCUT2D eigenvalue weighted by Gasteiger charge is 2.17. The third kappa shape index (κ3) is 3.97. The number of carbonyl (C=O) groups excluding carboxylic acids is 1. The SMILES string of the molecule is N#Cc1cc(CCCO)ccc1NC(=O)c1ccccc1C(=O)O. The maximum atomic E-state index is 12.3. The van der Waals surface area contributed by atoms with Crippen LogP contribution in [0.15, 0.2) is 42.5 Å². The van der Waals surface area contributed by atoms with Crippen LogP contribution < -0.4 is 5.32 Å². The molecule has 3 N–H and O–H groups in total. The number of nitrogens with one attached hydrogen (secondary N) is 1. The second-order valence-electron chi connectivity index (χ2n) is 5.12. The van der Waals surface area contributed by atoms with Crippen LogP contribution in [-0.2, 0) is 6.42 Å². The number of aryl methyl sites for hydroxylation is 1. The molecule has 0 saturated heterocycles. The van der Waals surface area contributed by atoms with Crippen molar-refractivity contribution >= 4 is 17.6 Å². The van der Waals surface area contributed by atoms with Gasteiger partial charge in [0.1, 0.15) is 6.07 Å². The first-order valence-electron chi connectivity index (χ1n) is 7.34. The lowest BCUT2D eigenvalue weighted by atomic mass is 10.0. The van der Waals surface area contributed by atoms with Crippen LogP contribution in [0.5, 0.6) is 0 Å². The van der Waals surface area contributed by atoms with E-state index >= 15 is 0 Å². The van der Waals surface area contributed by atoms with Gasteiger partial charge in [-0.05, 0) is 42.7 Å². The number of carboxylic acid groups (broad SMARTS) is 1.